The molecule has 1 aromatic rings. The highest BCUT2D eigenvalue weighted by molar-refractivity contribution is 5.96. The Kier molecular flexibility index (Phi) is 3.41. The summed E-state index contributed by atoms with van der Waals surface area (Å²) in [4.78, 5) is 11.7. The van der Waals surface area contributed by atoms with Gasteiger partial charge >= 0.3 is 0 Å². The zero-order valence-electron chi connectivity index (χ0n) is 9.07. The lowest BCUT2D eigenvalue weighted by Crippen LogP contribution is -2.37. The minimum absolute atomic E-state index is 0.0272. The Bertz CT molecular complexity index is 373. The SMILES string of the molecule is O=C(NCC1CCCN1)c1ccccc1O. The van der Waals surface area contributed by atoms with Crippen molar-refractivity contribution in [3.05, 3.63) is 29.8 Å². The normalized spacial score (nSPS) is 19.6. The fourth-order valence-corrected chi connectivity index (χ4v) is 1.91. The number of carbonyl (C=O) groups is 1. The number of hydrogen-bond donors (Lipinski definition) is 3. The van der Waals surface area contributed by atoms with Gasteiger partial charge in [-0.25, -0.2) is 0 Å². The van der Waals surface area contributed by atoms with Gasteiger partial charge in [0.25, 0.3) is 5.91 Å². The first-order valence-corrected chi connectivity index (χ1v) is 5.57. The lowest BCUT2D eigenvalue weighted by molar-refractivity contribution is 0.0947. The molecule has 1 aliphatic heterocycles. The Morgan fingerprint density at radius 2 is 2.31 bits per heavy atom. The van der Waals surface area contributed by atoms with Gasteiger partial charge in [-0.05, 0) is 31.5 Å². The molecule has 16 heavy (non-hydrogen) atoms. The van der Waals surface area contributed by atoms with Crippen molar-refractivity contribution in [1.29, 1.82) is 0 Å². The Balaban J connectivity index is 1.90. The Morgan fingerprint density at radius 3 is 3.00 bits per heavy atom. The number of amides is 1. The number of benzene rings is 1. The molecule has 1 amide bonds. The number of rotatable bonds is 3. The summed E-state index contributed by atoms with van der Waals surface area (Å²) in [5, 5.41) is 15.6. The standard InChI is InChI=1S/C12H16N2O2/c15-11-6-2-1-5-10(11)12(16)14-8-9-4-3-7-13-9/h1-2,5-6,9,13,15H,3-4,7-8H2,(H,14,16). The van der Waals surface area contributed by atoms with Crippen LogP contribution >= 0.6 is 0 Å². The fraction of sp³-hybridized carbons (Fsp3) is 0.417. The first-order valence-electron chi connectivity index (χ1n) is 5.57. The zero-order valence-corrected chi connectivity index (χ0v) is 9.07. The number of hydrogen-bond acceptors (Lipinski definition) is 3. The molecule has 1 aliphatic rings. The molecule has 2 rings (SSSR count). The molecule has 86 valence electrons. The van der Waals surface area contributed by atoms with Crippen LogP contribution in [0.1, 0.15) is 23.2 Å². The second-order valence-corrected chi connectivity index (χ2v) is 4.02. The van der Waals surface area contributed by atoms with E-state index in [1.54, 1.807) is 18.2 Å². The van der Waals surface area contributed by atoms with E-state index in [-0.39, 0.29) is 11.7 Å². The number of carbonyl (C=O) groups excluding carboxylic acids is 1. The Morgan fingerprint density at radius 1 is 1.50 bits per heavy atom. The van der Waals surface area contributed by atoms with Crippen LogP contribution in [0.25, 0.3) is 0 Å². The largest absolute Gasteiger partial charge is 0.507 e. The van der Waals surface area contributed by atoms with Gasteiger partial charge in [0.05, 0.1) is 5.56 Å². The summed E-state index contributed by atoms with van der Waals surface area (Å²) in [7, 11) is 0. The van der Waals surface area contributed by atoms with E-state index >= 15 is 0 Å². The Labute approximate surface area is 94.7 Å². The minimum atomic E-state index is -0.216. The van der Waals surface area contributed by atoms with Gasteiger partial charge in [0.2, 0.25) is 0 Å². The monoisotopic (exact) mass is 220 g/mol. The van der Waals surface area contributed by atoms with Crippen LogP contribution in [0, 0.1) is 0 Å². The van der Waals surface area contributed by atoms with Gasteiger partial charge in [0.1, 0.15) is 5.75 Å². The van der Waals surface area contributed by atoms with Crippen molar-refractivity contribution in [3.63, 3.8) is 0 Å². The van der Waals surface area contributed by atoms with E-state index in [1.165, 1.54) is 6.07 Å². The van der Waals surface area contributed by atoms with E-state index in [0.717, 1.165) is 19.4 Å². The molecule has 0 aliphatic carbocycles. The van der Waals surface area contributed by atoms with Gasteiger partial charge in [-0.1, -0.05) is 12.1 Å². The summed E-state index contributed by atoms with van der Waals surface area (Å²) < 4.78 is 0. The van der Waals surface area contributed by atoms with Gasteiger partial charge in [-0.15, -0.1) is 0 Å². The summed E-state index contributed by atoms with van der Waals surface area (Å²) in [6, 6.07) is 6.94. The van der Waals surface area contributed by atoms with Crippen molar-refractivity contribution in [2.45, 2.75) is 18.9 Å². The van der Waals surface area contributed by atoms with Gasteiger partial charge < -0.3 is 15.7 Å². The lowest BCUT2D eigenvalue weighted by atomic mass is 10.1. The maximum Gasteiger partial charge on any atom is 0.255 e. The fourth-order valence-electron chi connectivity index (χ4n) is 1.91. The van der Waals surface area contributed by atoms with Crippen LogP contribution in [-0.2, 0) is 0 Å². The molecule has 1 unspecified atom stereocenters. The van der Waals surface area contributed by atoms with E-state index in [0.29, 0.717) is 18.2 Å². The number of phenolic OH excluding ortho intramolecular Hbond substituents is 1. The molecule has 1 fully saturated rings. The van der Waals surface area contributed by atoms with Crippen molar-refractivity contribution in [2.24, 2.45) is 0 Å². The third-order valence-electron chi connectivity index (χ3n) is 2.82. The number of aromatic hydroxyl groups is 1. The first kappa shape index (κ1) is 11.0. The van der Waals surface area contributed by atoms with Crippen molar-refractivity contribution < 1.29 is 9.90 Å². The summed E-state index contributed by atoms with van der Waals surface area (Å²) in [6.07, 6.45) is 2.26. The molecule has 4 heteroatoms. The molecule has 1 saturated heterocycles. The molecule has 0 bridgehead atoms. The maximum atomic E-state index is 11.7. The Hall–Kier alpha value is -1.55. The maximum absolute atomic E-state index is 11.7. The van der Waals surface area contributed by atoms with E-state index in [4.69, 9.17) is 0 Å². The van der Waals surface area contributed by atoms with Gasteiger partial charge in [-0.3, -0.25) is 4.79 Å². The highest BCUT2D eigenvalue weighted by atomic mass is 16.3. The lowest BCUT2D eigenvalue weighted by Gasteiger charge is -2.11. The summed E-state index contributed by atoms with van der Waals surface area (Å²) >= 11 is 0. The molecule has 0 aromatic heterocycles. The van der Waals surface area contributed by atoms with Crippen LogP contribution in [0.5, 0.6) is 5.75 Å². The highest BCUT2D eigenvalue weighted by Gasteiger charge is 2.16. The summed E-state index contributed by atoms with van der Waals surface area (Å²) in [6.45, 7) is 1.64. The van der Waals surface area contributed by atoms with Gasteiger partial charge in [0.15, 0.2) is 0 Å². The van der Waals surface area contributed by atoms with Gasteiger partial charge in [-0.2, -0.15) is 0 Å². The van der Waals surface area contributed by atoms with Crippen LogP contribution in [0.3, 0.4) is 0 Å². The molecular formula is C12H16N2O2. The van der Waals surface area contributed by atoms with E-state index in [1.807, 2.05) is 0 Å². The quantitative estimate of drug-likeness (QED) is 0.708. The second-order valence-electron chi connectivity index (χ2n) is 4.02. The molecular weight excluding hydrogens is 204 g/mol. The number of nitrogens with one attached hydrogen (secondary N) is 2. The van der Waals surface area contributed by atoms with Crippen molar-refractivity contribution in [1.82, 2.24) is 10.6 Å². The third-order valence-corrected chi connectivity index (χ3v) is 2.82. The summed E-state index contributed by atoms with van der Waals surface area (Å²) in [5.41, 5.74) is 0.334. The van der Waals surface area contributed by atoms with Crippen LogP contribution < -0.4 is 10.6 Å². The van der Waals surface area contributed by atoms with E-state index in [2.05, 4.69) is 10.6 Å². The van der Waals surface area contributed by atoms with Gasteiger partial charge in [0, 0.05) is 12.6 Å². The average molecular weight is 220 g/mol. The third kappa shape index (κ3) is 2.52. The smallest absolute Gasteiger partial charge is 0.255 e. The topological polar surface area (TPSA) is 61.4 Å². The van der Waals surface area contributed by atoms with Crippen molar-refractivity contribution in [2.75, 3.05) is 13.1 Å². The molecule has 3 N–H and O–H groups in total. The average Bonchev–Trinajstić information content (AvgIpc) is 2.79. The predicted octanol–water partition coefficient (Wildman–Crippen LogP) is 0.874. The molecule has 1 heterocycles. The molecule has 1 atom stereocenters. The number of para-hydroxylation sites is 1. The summed E-state index contributed by atoms with van der Waals surface area (Å²) in [5.74, 6) is -0.189. The molecule has 0 saturated carbocycles. The molecule has 0 radical (unpaired) electrons. The molecule has 4 nitrogen and oxygen atoms in total. The van der Waals surface area contributed by atoms with Crippen molar-refractivity contribution >= 4 is 5.91 Å². The first-order chi connectivity index (χ1) is 7.77. The van der Waals surface area contributed by atoms with Crippen LogP contribution in [-0.4, -0.2) is 30.1 Å². The highest BCUT2D eigenvalue weighted by Crippen LogP contribution is 2.15. The minimum Gasteiger partial charge on any atom is -0.507 e. The van der Waals surface area contributed by atoms with Crippen LogP contribution in [0.4, 0.5) is 0 Å². The number of phenols is 1. The van der Waals surface area contributed by atoms with E-state index < -0.39 is 0 Å². The predicted molar refractivity (Wildman–Crippen MR) is 61.5 cm³/mol. The van der Waals surface area contributed by atoms with Crippen LogP contribution in [0.15, 0.2) is 24.3 Å². The zero-order chi connectivity index (χ0) is 11.4. The van der Waals surface area contributed by atoms with E-state index in [9.17, 15) is 9.90 Å². The second kappa shape index (κ2) is 4.99. The van der Waals surface area contributed by atoms with Crippen molar-refractivity contribution in [3.8, 4) is 5.75 Å². The van der Waals surface area contributed by atoms with Crippen LogP contribution in [0.2, 0.25) is 0 Å². The molecule has 1 aromatic carbocycles. The molecule has 0 spiro atoms.